The summed E-state index contributed by atoms with van der Waals surface area (Å²) in [6.45, 7) is 4.81. The molecule has 0 bridgehead atoms. The molecule has 2 aromatic carbocycles. The molecule has 1 N–H and O–H groups in total. The lowest BCUT2D eigenvalue weighted by Crippen LogP contribution is -2.18. The van der Waals surface area contributed by atoms with Crippen LogP contribution in [0.4, 0.5) is 4.39 Å². The topological polar surface area (TPSA) is 21.3 Å². The van der Waals surface area contributed by atoms with E-state index in [1.807, 2.05) is 32.0 Å². The van der Waals surface area contributed by atoms with Crippen LogP contribution in [-0.4, -0.2) is 6.54 Å². The van der Waals surface area contributed by atoms with Gasteiger partial charge in [0.25, 0.3) is 0 Å². The molecular weight excluding hydrogens is 401 g/mol. The summed E-state index contributed by atoms with van der Waals surface area (Å²) in [6.07, 6.45) is 0. The zero-order chi connectivity index (χ0) is 15.4. The van der Waals surface area contributed by atoms with Crippen LogP contribution in [0.25, 0.3) is 0 Å². The summed E-state index contributed by atoms with van der Waals surface area (Å²) in [4.78, 5) is 0. The molecule has 0 aromatic heterocycles. The first-order chi connectivity index (χ1) is 10.0. The quantitative estimate of drug-likeness (QED) is 0.663. The molecule has 0 saturated carbocycles. The van der Waals surface area contributed by atoms with Gasteiger partial charge in [0.15, 0.2) is 11.6 Å². The molecule has 0 saturated heterocycles. The molecule has 2 nitrogen and oxygen atoms in total. The Kier molecular flexibility index (Phi) is 5.79. The first-order valence-corrected chi connectivity index (χ1v) is 8.26. The lowest BCUT2D eigenvalue weighted by atomic mass is 10.1. The van der Waals surface area contributed by atoms with E-state index in [2.05, 4.69) is 37.2 Å². The van der Waals surface area contributed by atoms with Crippen molar-refractivity contribution in [1.82, 2.24) is 5.32 Å². The van der Waals surface area contributed by atoms with Gasteiger partial charge >= 0.3 is 0 Å². The molecule has 1 atom stereocenters. The highest BCUT2D eigenvalue weighted by Gasteiger charge is 2.16. The summed E-state index contributed by atoms with van der Waals surface area (Å²) in [7, 11) is 0. The molecule has 0 radical (unpaired) electrons. The molecular formula is C16H16Br2FNO. The van der Waals surface area contributed by atoms with Gasteiger partial charge in [0.05, 0.1) is 4.47 Å². The lowest BCUT2D eigenvalue weighted by Gasteiger charge is -2.18. The lowest BCUT2D eigenvalue weighted by molar-refractivity contribution is 0.424. The molecule has 0 aliphatic carbocycles. The van der Waals surface area contributed by atoms with E-state index in [1.54, 1.807) is 12.1 Å². The van der Waals surface area contributed by atoms with Crippen LogP contribution in [0.5, 0.6) is 11.5 Å². The predicted molar refractivity (Wildman–Crippen MR) is 90.4 cm³/mol. The normalized spacial score (nSPS) is 12.2. The number of rotatable bonds is 5. The van der Waals surface area contributed by atoms with Gasteiger partial charge in [-0.25, -0.2) is 4.39 Å². The Labute approximate surface area is 141 Å². The minimum Gasteiger partial charge on any atom is -0.453 e. The molecule has 0 spiro atoms. The summed E-state index contributed by atoms with van der Waals surface area (Å²) in [5, 5.41) is 3.27. The molecule has 0 aliphatic rings. The maximum atomic E-state index is 14.2. The molecule has 5 heteroatoms. The van der Waals surface area contributed by atoms with Gasteiger partial charge in [-0.05, 0) is 53.7 Å². The molecule has 0 heterocycles. The highest BCUT2D eigenvalue weighted by Crippen LogP contribution is 2.36. The van der Waals surface area contributed by atoms with Gasteiger partial charge < -0.3 is 10.1 Å². The Balaban J connectivity index is 2.38. The van der Waals surface area contributed by atoms with Crippen molar-refractivity contribution in [1.29, 1.82) is 0 Å². The van der Waals surface area contributed by atoms with Crippen LogP contribution >= 0.6 is 31.9 Å². The summed E-state index contributed by atoms with van der Waals surface area (Å²) in [5.74, 6) is 0.467. The second kappa shape index (κ2) is 7.38. The maximum Gasteiger partial charge on any atom is 0.167 e. The average Bonchev–Trinajstić information content (AvgIpc) is 2.43. The van der Waals surface area contributed by atoms with Crippen LogP contribution in [0.2, 0.25) is 0 Å². The predicted octanol–water partition coefficient (Wildman–Crippen LogP) is 5.81. The summed E-state index contributed by atoms with van der Waals surface area (Å²) in [5.41, 5.74) is 0.798. The van der Waals surface area contributed by atoms with Gasteiger partial charge in [0, 0.05) is 16.1 Å². The first kappa shape index (κ1) is 16.5. The van der Waals surface area contributed by atoms with Crippen molar-refractivity contribution in [2.75, 3.05) is 6.54 Å². The van der Waals surface area contributed by atoms with E-state index >= 15 is 0 Å². The molecule has 0 fully saturated rings. The first-order valence-electron chi connectivity index (χ1n) is 6.67. The summed E-state index contributed by atoms with van der Waals surface area (Å²) in [6, 6.07) is 10.5. The van der Waals surface area contributed by atoms with Crippen molar-refractivity contribution in [2.24, 2.45) is 0 Å². The van der Waals surface area contributed by atoms with Crippen LogP contribution in [0, 0.1) is 5.82 Å². The SMILES string of the molecule is CCNC(C)c1cccc(F)c1Oc1ccc(Br)cc1Br. The fraction of sp³-hybridized carbons (Fsp3) is 0.250. The number of benzene rings is 2. The second-order valence-corrected chi connectivity index (χ2v) is 6.38. The van der Waals surface area contributed by atoms with Gasteiger partial charge in [-0.15, -0.1) is 0 Å². The molecule has 1 unspecified atom stereocenters. The second-order valence-electron chi connectivity index (χ2n) is 4.61. The van der Waals surface area contributed by atoms with Crippen LogP contribution < -0.4 is 10.1 Å². The number of ether oxygens (including phenoxy) is 1. The Hall–Kier alpha value is -0.910. The van der Waals surface area contributed by atoms with Crippen molar-refractivity contribution in [3.05, 3.63) is 56.7 Å². The molecule has 2 aromatic rings. The largest absolute Gasteiger partial charge is 0.453 e. The molecule has 21 heavy (non-hydrogen) atoms. The Morgan fingerprint density at radius 2 is 2.00 bits per heavy atom. The van der Waals surface area contributed by atoms with E-state index in [4.69, 9.17) is 4.74 Å². The molecule has 112 valence electrons. The van der Waals surface area contributed by atoms with Gasteiger partial charge in [-0.1, -0.05) is 35.0 Å². The smallest absolute Gasteiger partial charge is 0.167 e. The van der Waals surface area contributed by atoms with Gasteiger partial charge in [-0.3, -0.25) is 0 Å². The van der Waals surface area contributed by atoms with Gasteiger partial charge in [0.1, 0.15) is 5.75 Å². The zero-order valence-corrected chi connectivity index (χ0v) is 15.0. The third-order valence-corrected chi connectivity index (χ3v) is 4.19. The number of nitrogens with one attached hydrogen (secondary N) is 1. The highest BCUT2D eigenvalue weighted by molar-refractivity contribution is 9.11. The van der Waals surface area contributed by atoms with E-state index in [1.165, 1.54) is 6.07 Å². The Bertz CT molecular complexity index is 634. The van der Waals surface area contributed by atoms with Gasteiger partial charge in [0.2, 0.25) is 0 Å². The highest BCUT2D eigenvalue weighted by atomic mass is 79.9. The van der Waals surface area contributed by atoms with Crippen LogP contribution in [-0.2, 0) is 0 Å². The van der Waals surface area contributed by atoms with E-state index < -0.39 is 0 Å². The zero-order valence-electron chi connectivity index (χ0n) is 11.8. The Morgan fingerprint density at radius 3 is 2.67 bits per heavy atom. The van der Waals surface area contributed by atoms with Crippen molar-refractivity contribution in [3.63, 3.8) is 0 Å². The molecule has 0 aliphatic heterocycles. The third kappa shape index (κ3) is 4.05. The van der Waals surface area contributed by atoms with Crippen LogP contribution in [0.3, 0.4) is 0 Å². The number of hydrogen-bond acceptors (Lipinski definition) is 2. The summed E-state index contributed by atoms with van der Waals surface area (Å²) < 4.78 is 21.7. The Morgan fingerprint density at radius 1 is 1.24 bits per heavy atom. The van der Waals surface area contributed by atoms with Crippen molar-refractivity contribution < 1.29 is 9.13 Å². The molecule has 2 rings (SSSR count). The standard InChI is InChI=1S/C16H16Br2FNO/c1-3-20-10(2)12-5-4-6-14(19)16(12)21-15-8-7-11(17)9-13(15)18/h4-10,20H,3H2,1-2H3. The number of hydrogen-bond donors (Lipinski definition) is 1. The van der Waals surface area contributed by atoms with Gasteiger partial charge in [-0.2, -0.15) is 0 Å². The number of para-hydroxylation sites is 1. The fourth-order valence-corrected chi connectivity index (χ4v) is 3.19. The fourth-order valence-electron chi connectivity index (χ4n) is 2.06. The van der Waals surface area contributed by atoms with E-state index in [-0.39, 0.29) is 17.6 Å². The minimum absolute atomic E-state index is 0.00919. The number of halogens is 3. The van der Waals surface area contributed by atoms with Crippen LogP contribution in [0.15, 0.2) is 45.3 Å². The van der Waals surface area contributed by atoms with Crippen molar-refractivity contribution >= 4 is 31.9 Å². The molecule has 0 amide bonds. The summed E-state index contributed by atoms with van der Waals surface area (Å²) >= 11 is 6.81. The minimum atomic E-state index is -0.368. The third-order valence-electron chi connectivity index (χ3n) is 3.08. The van der Waals surface area contributed by atoms with E-state index in [0.717, 1.165) is 21.1 Å². The maximum absolute atomic E-state index is 14.2. The van der Waals surface area contributed by atoms with E-state index in [9.17, 15) is 4.39 Å². The van der Waals surface area contributed by atoms with Crippen LogP contribution in [0.1, 0.15) is 25.5 Å². The van der Waals surface area contributed by atoms with Crippen molar-refractivity contribution in [3.8, 4) is 11.5 Å². The average molecular weight is 417 g/mol. The monoisotopic (exact) mass is 415 g/mol. The van der Waals surface area contributed by atoms with Crippen molar-refractivity contribution in [2.45, 2.75) is 19.9 Å². The van der Waals surface area contributed by atoms with E-state index in [0.29, 0.717) is 5.75 Å².